The van der Waals surface area contributed by atoms with Gasteiger partial charge in [-0.1, -0.05) is 0 Å². The van der Waals surface area contributed by atoms with Gasteiger partial charge in [0.25, 0.3) is 0 Å². The van der Waals surface area contributed by atoms with Crippen molar-refractivity contribution >= 4 is 70.7 Å². The summed E-state index contributed by atoms with van der Waals surface area (Å²) < 4.78 is 3.24. The van der Waals surface area contributed by atoms with Crippen molar-refractivity contribution in [3.8, 4) is 12.1 Å². The minimum atomic E-state index is -0.200. The van der Waals surface area contributed by atoms with E-state index in [4.69, 9.17) is 23.7 Å². The van der Waals surface area contributed by atoms with Crippen LogP contribution >= 0.6 is 0 Å². The molecule has 0 N–H and O–H groups in total. The molecular formula is C18H4N6Se2. The molecular weight excluding hydrogens is 458 g/mol. The van der Waals surface area contributed by atoms with Gasteiger partial charge in [-0.05, 0) is 0 Å². The van der Waals surface area contributed by atoms with Gasteiger partial charge in [0.1, 0.15) is 0 Å². The Hall–Kier alpha value is -3.22. The van der Waals surface area contributed by atoms with Crippen molar-refractivity contribution in [2.24, 2.45) is 0 Å². The summed E-state index contributed by atoms with van der Waals surface area (Å²) in [5.41, 5.74) is 1.72. The maximum absolute atomic E-state index is 9.10. The maximum atomic E-state index is 9.10. The summed E-state index contributed by atoms with van der Waals surface area (Å²) in [7, 11) is 0. The zero-order valence-electron chi connectivity index (χ0n) is 12.8. The van der Waals surface area contributed by atoms with Gasteiger partial charge in [0.15, 0.2) is 0 Å². The number of hydrogen-bond acceptors (Lipinski definition) is 4. The topological polar surface area (TPSA) is 82.1 Å². The van der Waals surface area contributed by atoms with Crippen LogP contribution in [-0.4, -0.2) is 39.0 Å². The zero-order chi connectivity index (χ0) is 18.3. The normalized spacial score (nSPS) is 12.9. The summed E-state index contributed by atoms with van der Waals surface area (Å²) in [6.07, 6.45) is 0. The predicted molar refractivity (Wildman–Crippen MR) is 98.9 cm³/mol. The van der Waals surface area contributed by atoms with Crippen molar-refractivity contribution in [1.82, 2.24) is 9.97 Å². The summed E-state index contributed by atoms with van der Waals surface area (Å²) in [6, 6.07) is 11.6. The molecule has 0 aliphatic rings. The van der Waals surface area contributed by atoms with Gasteiger partial charge >= 0.3 is 159 Å². The van der Waals surface area contributed by atoms with E-state index >= 15 is 0 Å². The molecule has 0 unspecified atom stereocenters. The summed E-state index contributed by atoms with van der Waals surface area (Å²) in [4.78, 5) is 15.5. The van der Waals surface area contributed by atoms with Crippen LogP contribution in [0.5, 0.6) is 0 Å². The summed E-state index contributed by atoms with van der Waals surface area (Å²) >= 11 is -0.400. The van der Waals surface area contributed by atoms with Crippen LogP contribution in [0, 0.1) is 35.8 Å². The number of nitrogens with zero attached hydrogens (tertiary/aromatic N) is 6. The molecule has 118 valence electrons. The zero-order valence-corrected chi connectivity index (χ0v) is 16.2. The van der Waals surface area contributed by atoms with E-state index in [0.717, 1.165) is 30.3 Å². The van der Waals surface area contributed by atoms with Gasteiger partial charge in [-0.25, -0.2) is 0 Å². The molecule has 0 radical (unpaired) electrons. The molecule has 2 heterocycles. The third-order valence-electron chi connectivity index (χ3n) is 3.74. The first kappa shape index (κ1) is 16.3. The number of aromatic nitrogens is 2. The summed E-state index contributed by atoms with van der Waals surface area (Å²) in [6.45, 7) is 14.2. The van der Waals surface area contributed by atoms with Crippen LogP contribution in [0.25, 0.3) is 51.4 Å². The molecule has 2 aromatic carbocycles. The van der Waals surface area contributed by atoms with E-state index in [-0.39, 0.29) is 40.4 Å². The molecule has 0 aliphatic carbocycles. The third kappa shape index (κ3) is 2.35. The van der Waals surface area contributed by atoms with Crippen molar-refractivity contribution < 1.29 is 0 Å². The Balaban J connectivity index is 2.17. The Morgan fingerprint density at radius 3 is 1.58 bits per heavy atom. The van der Waals surface area contributed by atoms with E-state index in [0.29, 0.717) is 8.45 Å². The van der Waals surface area contributed by atoms with Crippen molar-refractivity contribution in [1.29, 1.82) is 10.5 Å². The molecule has 0 atom stereocenters. The van der Waals surface area contributed by atoms with Crippen LogP contribution < -0.4 is 8.45 Å². The Labute approximate surface area is 158 Å². The Morgan fingerprint density at radius 1 is 0.808 bits per heavy atom. The molecule has 0 aliphatic heterocycles. The Kier molecular flexibility index (Phi) is 3.91. The van der Waals surface area contributed by atoms with Crippen molar-refractivity contribution in [2.45, 2.75) is 0 Å². The summed E-state index contributed by atoms with van der Waals surface area (Å²) in [5.74, 6) is 0. The molecule has 4 rings (SSSR count). The van der Waals surface area contributed by atoms with Gasteiger partial charge in [-0.2, -0.15) is 0 Å². The Bertz CT molecular complexity index is 1380. The van der Waals surface area contributed by atoms with Gasteiger partial charge in [0.05, 0.1) is 0 Å². The van der Waals surface area contributed by atoms with E-state index in [1.54, 1.807) is 0 Å². The fourth-order valence-corrected chi connectivity index (χ4v) is 6.95. The molecule has 0 spiro atoms. The van der Waals surface area contributed by atoms with Gasteiger partial charge < -0.3 is 0 Å². The fourth-order valence-electron chi connectivity index (χ4n) is 2.62. The molecule has 0 bridgehead atoms. The molecule has 8 heteroatoms. The van der Waals surface area contributed by atoms with Gasteiger partial charge in [-0.15, -0.1) is 0 Å². The number of hydrogen-bond donors (Lipinski definition) is 0. The minimum absolute atomic E-state index is 0.0515. The number of fused-ring (bicyclic) bond motifs is 5. The van der Waals surface area contributed by atoms with E-state index in [1.165, 1.54) is 0 Å². The molecule has 0 saturated heterocycles. The SMILES string of the molecule is [C-]#[N+]/C(C#N)=c1/nc2ccc3c(ccc4n/c(=C(/C#N)[N+]#[C-])[se]c43)c2[se]1. The second-order valence-corrected chi connectivity index (χ2v) is 9.30. The molecule has 0 amide bonds. The van der Waals surface area contributed by atoms with Crippen LogP contribution in [0.15, 0.2) is 24.3 Å². The monoisotopic (exact) mass is 464 g/mol. The van der Waals surface area contributed by atoms with Crippen molar-refractivity contribution in [3.63, 3.8) is 0 Å². The first-order chi connectivity index (χ1) is 12.7. The molecule has 6 nitrogen and oxygen atoms in total. The first-order valence-electron chi connectivity index (χ1n) is 7.12. The van der Waals surface area contributed by atoms with Crippen LogP contribution in [0.3, 0.4) is 0 Å². The Morgan fingerprint density at radius 2 is 1.23 bits per heavy atom. The predicted octanol–water partition coefficient (Wildman–Crippen LogP) is 1.15. The first-order valence-corrected chi connectivity index (χ1v) is 10.6. The average molecular weight is 462 g/mol. The van der Waals surface area contributed by atoms with Crippen LogP contribution in [0.4, 0.5) is 0 Å². The third-order valence-corrected chi connectivity index (χ3v) is 8.41. The summed E-state index contributed by atoms with van der Waals surface area (Å²) in [5, 5.41) is 20.3. The van der Waals surface area contributed by atoms with Crippen molar-refractivity contribution in [2.75, 3.05) is 0 Å². The molecule has 26 heavy (non-hydrogen) atoms. The average Bonchev–Trinajstić information content (AvgIpc) is 3.27. The molecule has 2 aromatic heterocycles. The van der Waals surface area contributed by atoms with Gasteiger partial charge in [0, 0.05) is 0 Å². The van der Waals surface area contributed by atoms with Gasteiger partial charge in [-0.3, -0.25) is 0 Å². The number of nitriles is 2. The van der Waals surface area contributed by atoms with Crippen LogP contribution in [-0.2, 0) is 0 Å². The van der Waals surface area contributed by atoms with E-state index in [9.17, 15) is 0 Å². The fraction of sp³-hybridized carbons (Fsp3) is 0. The van der Waals surface area contributed by atoms with Crippen molar-refractivity contribution in [3.05, 3.63) is 55.5 Å². The van der Waals surface area contributed by atoms with E-state index in [2.05, 4.69) is 19.7 Å². The van der Waals surface area contributed by atoms with E-state index in [1.807, 2.05) is 36.4 Å². The molecule has 0 fully saturated rings. The quantitative estimate of drug-likeness (QED) is 0.290. The van der Waals surface area contributed by atoms with Crippen LogP contribution in [0.1, 0.15) is 0 Å². The number of benzene rings is 2. The second-order valence-electron chi connectivity index (χ2n) is 5.11. The molecule has 4 aromatic rings. The standard InChI is InChI=1S/C18H4N6Se2/c1-21-13(7-19)17-23-11-5-3-10-9(15(11)25-17)4-6-12-16(10)26-18(24-12)14(8-20)22-2/h3-6H/b17-13-,18-14+. The van der Waals surface area contributed by atoms with E-state index < -0.39 is 0 Å². The molecule has 0 saturated carbocycles. The van der Waals surface area contributed by atoms with Gasteiger partial charge in [0.2, 0.25) is 0 Å². The van der Waals surface area contributed by atoms with Crippen LogP contribution in [0.2, 0.25) is 0 Å². The number of rotatable bonds is 0. The second kappa shape index (κ2) is 6.25.